The molecular weight excluding hydrogens is 314 g/mol. The Morgan fingerprint density at radius 2 is 1.70 bits per heavy atom. The third-order valence-electron chi connectivity index (χ3n) is 3.16. The minimum Gasteiger partial charge on any atom is -0.382 e. The monoisotopic (exact) mass is 333 g/mol. The molecule has 0 aromatic heterocycles. The minimum atomic E-state index is -4.05. The van der Waals surface area contributed by atoms with E-state index in [-0.39, 0.29) is 10.6 Å². The van der Waals surface area contributed by atoms with Gasteiger partial charge in [-0.15, -0.1) is 0 Å². The number of hydrogen-bond donors (Lipinski definition) is 1. The maximum absolute atomic E-state index is 12.4. The van der Waals surface area contributed by atoms with Crippen LogP contribution < -0.4 is 14.9 Å². The van der Waals surface area contributed by atoms with Crippen LogP contribution in [0.5, 0.6) is 5.75 Å². The van der Waals surface area contributed by atoms with Crippen molar-refractivity contribution in [2.24, 2.45) is 0 Å². The van der Waals surface area contributed by atoms with E-state index in [1.807, 2.05) is 13.8 Å². The van der Waals surface area contributed by atoms with Gasteiger partial charge in [-0.05, 0) is 37.6 Å². The van der Waals surface area contributed by atoms with Crippen molar-refractivity contribution in [1.29, 1.82) is 0 Å². The first kappa shape index (κ1) is 17.0. The predicted octanol–water partition coefficient (Wildman–Crippen LogP) is 2.94. The van der Waals surface area contributed by atoms with Gasteiger partial charge in [0.2, 0.25) is 5.43 Å². The van der Waals surface area contributed by atoms with E-state index < -0.39 is 15.5 Å². The fourth-order valence-electron chi connectivity index (χ4n) is 1.91. The number of benzene rings is 1. The first-order valence-electron chi connectivity index (χ1n) is 7.32. The second-order valence-electron chi connectivity index (χ2n) is 5.10. The van der Waals surface area contributed by atoms with Crippen LogP contribution in [0.1, 0.15) is 18.9 Å². The van der Waals surface area contributed by atoms with E-state index in [9.17, 15) is 13.2 Å². The average molecular weight is 333 g/mol. The van der Waals surface area contributed by atoms with E-state index in [2.05, 4.69) is 5.32 Å². The Balaban J connectivity index is 2.38. The molecule has 0 aliphatic carbocycles. The van der Waals surface area contributed by atoms with Crippen LogP contribution in [0.25, 0.3) is 0 Å². The van der Waals surface area contributed by atoms with Gasteiger partial charge in [-0.3, -0.25) is 4.79 Å². The molecule has 6 heteroatoms. The molecule has 1 N–H and O–H groups in total. The molecule has 122 valence electrons. The van der Waals surface area contributed by atoms with Gasteiger partial charge < -0.3 is 9.50 Å². The molecule has 0 unspecified atom stereocenters. The van der Waals surface area contributed by atoms with Crippen molar-refractivity contribution in [2.75, 3.05) is 11.9 Å². The highest BCUT2D eigenvalue weighted by Crippen LogP contribution is 2.17. The van der Waals surface area contributed by atoms with Crippen LogP contribution in [-0.4, -0.2) is 15.0 Å². The summed E-state index contributed by atoms with van der Waals surface area (Å²) >= 11 is 0. The topological polar surface area (TPSA) is 72.5 Å². The van der Waals surface area contributed by atoms with Gasteiger partial charge in [0.25, 0.3) is 0 Å². The molecule has 0 radical (unpaired) electrons. The van der Waals surface area contributed by atoms with E-state index in [0.29, 0.717) is 12.2 Å². The SMILES string of the molecule is CCCNc1ccccc(OS(=O)(=O)c2ccc(C)cc2)c1=O. The smallest absolute Gasteiger partial charge is 0.339 e. The molecule has 0 fully saturated rings. The number of hydrogen-bond acceptors (Lipinski definition) is 5. The lowest BCUT2D eigenvalue weighted by Crippen LogP contribution is -2.17. The van der Waals surface area contributed by atoms with Gasteiger partial charge in [0.05, 0.1) is 5.69 Å². The summed E-state index contributed by atoms with van der Waals surface area (Å²) in [5, 5.41) is 2.97. The fourth-order valence-corrected chi connectivity index (χ4v) is 2.85. The van der Waals surface area contributed by atoms with Gasteiger partial charge >= 0.3 is 10.1 Å². The quantitative estimate of drug-likeness (QED) is 0.823. The zero-order chi connectivity index (χ0) is 16.9. The van der Waals surface area contributed by atoms with E-state index in [4.69, 9.17) is 4.18 Å². The molecule has 5 nitrogen and oxygen atoms in total. The van der Waals surface area contributed by atoms with Crippen molar-refractivity contribution < 1.29 is 12.6 Å². The van der Waals surface area contributed by atoms with E-state index in [0.717, 1.165) is 12.0 Å². The van der Waals surface area contributed by atoms with Crippen LogP contribution in [0.3, 0.4) is 0 Å². The summed E-state index contributed by atoms with van der Waals surface area (Å²) in [5.41, 5.74) is 0.760. The molecule has 0 atom stereocenters. The van der Waals surface area contributed by atoms with Crippen LogP contribution in [-0.2, 0) is 10.1 Å². The molecule has 0 bridgehead atoms. The minimum absolute atomic E-state index is 0.0112. The van der Waals surface area contributed by atoms with Crippen molar-refractivity contribution in [3.8, 4) is 5.75 Å². The molecule has 2 aromatic rings. The van der Waals surface area contributed by atoms with Crippen LogP contribution in [0.4, 0.5) is 5.69 Å². The van der Waals surface area contributed by atoms with E-state index in [1.165, 1.54) is 18.2 Å². The summed E-state index contributed by atoms with van der Waals surface area (Å²) < 4.78 is 29.7. The summed E-state index contributed by atoms with van der Waals surface area (Å²) in [7, 11) is -4.05. The van der Waals surface area contributed by atoms with Crippen molar-refractivity contribution in [2.45, 2.75) is 25.2 Å². The molecule has 0 saturated carbocycles. The molecule has 0 saturated heterocycles. The molecule has 0 spiro atoms. The van der Waals surface area contributed by atoms with Crippen LogP contribution in [0, 0.1) is 6.92 Å². The summed E-state index contributed by atoms with van der Waals surface area (Å²) in [6, 6.07) is 12.4. The van der Waals surface area contributed by atoms with Crippen LogP contribution in [0.15, 0.2) is 58.2 Å². The van der Waals surface area contributed by atoms with E-state index in [1.54, 1.807) is 30.3 Å². The van der Waals surface area contributed by atoms with Crippen molar-refractivity contribution in [1.82, 2.24) is 0 Å². The zero-order valence-electron chi connectivity index (χ0n) is 13.1. The number of nitrogens with one attached hydrogen (secondary N) is 1. The van der Waals surface area contributed by atoms with E-state index >= 15 is 0 Å². The number of rotatable bonds is 6. The van der Waals surface area contributed by atoms with Gasteiger partial charge in [0.1, 0.15) is 4.90 Å². The summed E-state index contributed by atoms with van der Waals surface area (Å²) in [6.07, 6.45) is 0.843. The Kier molecular flexibility index (Phi) is 5.39. The average Bonchev–Trinajstić information content (AvgIpc) is 2.68. The molecule has 23 heavy (non-hydrogen) atoms. The predicted molar refractivity (Wildman–Crippen MR) is 90.5 cm³/mol. The van der Waals surface area contributed by atoms with Crippen molar-refractivity contribution in [3.05, 3.63) is 64.3 Å². The maximum atomic E-state index is 12.4. The zero-order valence-corrected chi connectivity index (χ0v) is 13.9. The summed E-state index contributed by atoms with van der Waals surface area (Å²) in [5.74, 6) is -0.228. The summed E-state index contributed by atoms with van der Waals surface area (Å²) in [6.45, 7) is 4.44. The second kappa shape index (κ2) is 7.28. The lowest BCUT2D eigenvalue weighted by atomic mass is 10.2. The van der Waals surface area contributed by atoms with Crippen LogP contribution >= 0.6 is 0 Å². The highest BCUT2D eigenvalue weighted by Gasteiger charge is 2.18. The van der Waals surface area contributed by atoms with Crippen LogP contribution in [0.2, 0.25) is 0 Å². The first-order chi connectivity index (χ1) is 10.9. The third-order valence-corrected chi connectivity index (χ3v) is 4.41. The Bertz CT molecular complexity index is 830. The summed E-state index contributed by atoms with van der Waals surface area (Å²) in [4.78, 5) is 12.4. The molecular formula is C17H19NO4S. The highest BCUT2D eigenvalue weighted by molar-refractivity contribution is 7.87. The first-order valence-corrected chi connectivity index (χ1v) is 8.73. The van der Waals surface area contributed by atoms with Crippen molar-refractivity contribution in [3.63, 3.8) is 0 Å². The maximum Gasteiger partial charge on any atom is 0.339 e. The van der Waals surface area contributed by atoms with Gasteiger partial charge in [-0.25, -0.2) is 0 Å². The molecule has 2 rings (SSSR count). The standard InChI is InChI=1S/C17H19NO4S/c1-3-12-18-15-6-4-5-7-16(17(15)19)22-23(20,21)14-10-8-13(2)9-11-14/h4-11H,3,12H2,1-2H3,(H,18,19). The van der Waals surface area contributed by atoms with Gasteiger partial charge in [0, 0.05) is 6.54 Å². The Labute approximate surface area is 136 Å². The fraction of sp³-hybridized carbons (Fsp3) is 0.235. The van der Waals surface area contributed by atoms with Gasteiger partial charge in [-0.1, -0.05) is 36.8 Å². The Morgan fingerprint density at radius 1 is 1.04 bits per heavy atom. The second-order valence-corrected chi connectivity index (χ2v) is 6.65. The number of anilines is 1. The normalized spacial score (nSPS) is 11.0. The Morgan fingerprint density at radius 3 is 2.35 bits per heavy atom. The Hall–Kier alpha value is -2.34. The largest absolute Gasteiger partial charge is 0.382 e. The molecule has 2 aromatic carbocycles. The molecule has 0 aliphatic rings. The third kappa shape index (κ3) is 4.32. The molecule has 0 aliphatic heterocycles. The highest BCUT2D eigenvalue weighted by atomic mass is 32.2. The van der Waals surface area contributed by atoms with Gasteiger partial charge in [0.15, 0.2) is 5.75 Å². The van der Waals surface area contributed by atoms with Crippen molar-refractivity contribution >= 4 is 15.8 Å². The van der Waals surface area contributed by atoms with Gasteiger partial charge in [-0.2, -0.15) is 8.42 Å². The lowest BCUT2D eigenvalue weighted by molar-refractivity contribution is 0.484. The lowest BCUT2D eigenvalue weighted by Gasteiger charge is -2.07. The molecule has 0 amide bonds. The molecule has 0 heterocycles. The number of aryl methyl sites for hydroxylation is 1.